The van der Waals surface area contributed by atoms with Gasteiger partial charge in [-0.3, -0.25) is 4.68 Å². The van der Waals surface area contributed by atoms with Crippen LogP contribution < -0.4 is 0 Å². The summed E-state index contributed by atoms with van der Waals surface area (Å²) in [6, 6.07) is 4.82. The largest absolute Gasteiger partial charge is 0.371 e. The molecule has 126 valence electrons. The Bertz CT molecular complexity index is 904. The van der Waals surface area contributed by atoms with E-state index in [4.69, 9.17) is 10.00 Å². The topological polar surface area (TPSA) is 88.2 Å². The molecule has 0 bridgehead atoms. The summed E-state index contributed by atoms with van der Waals surface area (Å²) in [6.07, 6.45) is 2.95. The summed E-state index contributed by atoms with van der Waals surface area (Å²) >= 11 is 0. The molecular weight excluding hydrogens is 335 g/mol. The van der Waals surface area contributed by atoms with Gasteiger partial charge in [0.2, 0.25) is 10.0 Å². The predicted octanol–water partition coefficient (Wildman–Crippen LogP) is 1.19. The summed E-state index contributed by atoms with van der Waals surface area (Å²) in [7, 11) is -2.16. The highest BCUT2D eigenvalue weighted by Gasteiger charge is 2.33. The predicted molar refractivity (Wildman–Crippen MR) is 81.8 cm³/mol. The van der Waals surface area contributed by atoms with E-state index in [1.807, 2.05) is 0 Å². The first-order valence-electron chi connectivity index (χ1n) is 7.22. The molecule has 0 unspecified atom stereocenters. The van der Waals surface area contributed by atoms with Crippen molar-refractivity contribution in [2.45, 2.75) is 11.0 Å². The number of rotatable bonds is 3. The third-order valence-corrected chi connectivity index (χ3v) is 5.73. The third-order valence-electron chi connectivity index (χ3n) is 3.81. The Balaban J connectivity index is 1.91. The van der Waals surface area contributed by atoms with Gasteiger partial charge < -0.3 is 4.74 Å². The van der Waals surface area contributed by atoms with Crippen molar-refractivity contribution in [3.8, 4) is 6.07 Å². The van der Waals surface area contributed by atoms with Crippen LogP contribution in [0.2, 0.25) is 0 Å². The zero-order valence-corrected chi connectivity index (χ0v) is 13.7. The average Bonchev–Trinajstić information content (AvgIpc) is 3.01. The van der Waals surface area contributed by atoms with Gasteiger partial charge in [-0.25, -0.2) is 12.8 Å². The molecule has 1 aromatic heterocycles. The quantitative estimate of drug-likeness (QED) is 0.830. The Morgan fingerprint density at radius 3 is 2.92 bits per heavy atom. The van der Waals surface area contributed by atoms with Crippen molar-refractivity contribution >= 4 is 10.0 Å². The van der Waals surface area contributed by atoms with Crippen LogP contribution in [0.15, 0.2) is 35.5 Å². The number of hydrogen-bond acceptors (Lipinski definition) is 5. The van der Waals surface area contributed by atoms with E-state index in [2.05, 4.69) is 5.10 Å². The van der Waals surface area contributed by atoms with Crippen LogP contribution in [0.3, 0.4) is 0 Å². The van der Waals surface area contributed by atoms with Gasteiger partial charge in [-0.2, -0.15) is 14.7 Å². The second-order valence-corrected chi connectivity index (χ2v) is 7.33. The molecule has 0 amide bonds. The van der Waals surface area contributed by atoms with E-state index >= 15 is 0 Å². The molecular formula is C15H15FN4O3S. The Morgan fingerprint density at radius 2 is 2.25 bits per heavy atom. The lowest BCUT2D eigenvalue weighted by Gasteiger charge is -2.31. The molecule has 24 heavy (non-hydrogen) atoms. The minimum atomic E-state index is -3.92. The Labute approximate surface area is 138 Å². The minimum Gasteiger partial charge on any atom is -0.371 e. The summed E-state index contributed by atoms with van der Waals surface area (Å²) in [5.74, 6) is -0.652. The molecule has 1 fully saturated rings. The minimum absolute atomic E-state index is 0.107. The first-order chi connectivity index (χ1) is 11.4. The molecule has 0 saturated carbocycles. The highest BCUT2D eigenvalue weighted by molar-refractivity contribution is 7.89. The molecule has 9 heteroatoms. The molecule has 1 aliphatic heterocycles. The number of sulfonamides is 1. The van der Waals surface area contributed by atoms with Gasteiger partial charge >= 0.3 is 0 Å². The number of halogens is 1. The van der Waals surface area contributed by atoms with Gasteiger partial charge in [-0.05, 0) is 18.2 Å². The van der Waals surface area contributed by atoms with E-state index in [1.54, 1.807) is 30.2 Å². The number of hydrogen-bond donors (Lipinski definition) is 0. The zero-order chi connectivity index (χ0) is 17.3. The Hall–Kier alpha value is -2.28. The van der Waals surface area contributed by atoms with Crippen molar-refractivity contribution in [2.75, 3.05) is 19.7 Å². The number of aromatic nitrogens is 2. The molecule has 1 aromatic carbocycles. The number of aryl methyl sites for hydroxylation is 1. The molecule has 2 aromatic rings. The van der Waals surface area contributed by atoms with Gasteiger partial charge in [0, 0.05) is 31.9 Å². The molecule has 0 radical (unpaired) electrons. The fourth-order valence-corrected chi connectivity index (χ4v) is 4.15. The van der Waals surface area contributed by atoms with E-state index < -0.39 is 21.9 Å². The van der Waals surface area contributed by atoms with Crippen molar-refractivity contribution in [3.05, 3.63) is 47.5 Å². The van der Waals surface area contributed by atoms with Crippen LogP contribution in [0.4, 0.5) is 4.39 Å². The number of morpholine rings is 1. The summed E-state index contributed by atoms with van der Waals surface area (Å²) in [5, 5.41) is 13.2. The summed E-state index contributed by atoms with van der Waals surface area (Å²) in [5.41, 5.74) is 0.566. The van der Waals surface area contributed by atoms with E-state index in [0.717, 1.165) is 23.8 Å². The maximum atomic E-state index is 13.3. The third kappa shape index (κ3) is 3.03. The van der Waals surface area contributed by atoms with Crippen molar-refractivity contribution in [2.24, 2.45) is 7.05 Å². The number of ether oxygens (including phenoxy) is 1. The van der Waals surface area contributed by atoms with Crippen LogP contribution in [-0.4, -0.2) is 42.2 Å². The van der Waals surface area contributed by atoms with Gasteiger partial charge in [-0.1, -0.05) is 0 Å². The summed E-state index contributed by atoms with van der Waals surface area (Å²) < 4.78 is 47.4. The molecule has 1 atom stereocenters. The van der Waals surface area contributed by atoms with Gasteiger partial charge in [0.05, 0.1) is 24.5 Å². The van der Waals surface area contributed by atoms with Gasteiger partial charge in [0.15, 0.2) is 0 Å². The second kappa shape index (κ2) is 6.32. The van der Waals surface area contributed by atoms with Crippen LogP contribution in [0.1, 0.15) is 17.2 Å². The van der Waals surface area contributed by atoms with Gasteiger partial charge in [0.25, 0.3) is 0 Å². The van der Waals surface area contributed by atoms with Crippen molar-refractivity contribution in [3.63, 3.8) is 0 Å². The highest BCUT2D eigenvalue weighted by atomic mass is 32.2. The first kappa shape index (κ1) is 16.6. The fraction of sp³-hybridized carbons (Fsp3) is 0.333. The van der Waals surface area contributed by atoms with Gasteiger partial charge in [0.1, 0.15) is 16.8 Å². The molecule has 1 saturated heterocycles. The van der Waals surface area contributed by atoms with Crippen molar-refractivity contribution < 1.29 is 17.5 Å². The molecule has 2 heterocycles. The van der Waals surface area contributed by atoms with Crippen molar-refractivity contribution in [1.82, 2.24) is 14.1 Å². The molecule has 7 nitrogen and oxygen atoms in total. The Kier molecular flexibility index (Phi) is 4.36. The zero-order valence-electron chi connectivity index (χ0n) is 12.9. The van der Waals surface area contributed by atoms with Crippen LogP contribution in [0, 0.1) is 17.1 Å². The summed E-state index contributed by atoms with van der Waals surface area (Å²) in [6.45, 7) is 0.499. The number of nitriles is 1. The lowest BCUT2D eigenvalue weighted by Crippen LogP contribution is -2.42. The van der Waals surface area contributed by atoms with E-state index in [0.29, 0.717) is 0 Å². The van der Waals surface area contributed by atoms with Crippen LogP contribution in [-0.2, 0) is 21.8 Å². The first-order valence-corrected chi connectivity index (χ1v) is 8.66. The van der Waals surface area contributed by atoms with Crippen molar-refractivity contribution in [1.29, 1.82) is 5.26 Å². The number of nitrogens with zero attached hydrogens (tertiary/aromatic N) is 4. The maximum Gasteiger partial charge on any atom is 0.244 e. The van der Waals surface area contributed by atoms with Gasteiger partial charge in [-0.15, -0.1) is 0 Å². The van der Waals surface area contributed by atoms with E-state index in [1.165, 1.54) is 4.31 Å². The molecule has 1 aliphatic rings. The van der Waals surface area contributed by atoms with Crippen LogP contribution in [0.25, 0.3) is 0 Å². The SMILES string of the molecule is Cn1cc([C@H]2CN(S(=O)(=O)c3ccc(F)cc3C#N)CCO2)cn1. The normalized spacial score (nSPS) is 19.1. The molecule has 3 rings (SSSR count). The second-order valence-electron chi connectivity index (χ2n) is 5.42. The van der Waals surface area contributed by atoms with E-state index in [9.17, 15) is 12.8 Å². The van der Waals surface area contributed by atoms with Crippen LogP contribution >= 0.6 is 0 Å². The standard InChI is InChI=1S/C15H15FN4O3S/c1-19-9-12(8-18-19)14-10-20(4-5-23-14)24(21,22)15-3-2-13(16)6-11(15)7-17/h2-3,6,8-9,14H,4-5,10H2,1H3/t14-/m1/s1. The Morgan fingerprint density at radius 1 is 1.46 bits per heavy atom. The smallest absolute Gasteiger partial charge is 0.244 e. The van der Waals surface area contributed by atoms with E-state index in [-0.39, 0.29) is 30.2 Å². The maximum absolute atomic E-state index is 13.3. The fourth-order valence-electron chi connectivity index (χ4n) is 2.61. The molecule has 0 N–H and O–H groups in total. The average molecular weight is 350 g/mol. The number of benzene rings is 1. The summed E-state index contributed by atoms with van der Waals surface area (Å²) in [4.78, 5) is -0.196. The molecule has 0 spiro atoms. The lowest BCUT2D eigenvalue weighted by molar-refractivity contribution is -0.00259. The van der Waals surface area contributed by atoms with Crippen LogP contribution in [0.5, 0.6) is 0 Å². The monoisotopic (exact) mass is 350 g/mol. The lowest BCUT2D eigenvalue weighted by atomic mass is 10.2. The molecule has 0 aliphatic carbocycles. The highest BCUT2D eigenvalue weighted by Crippen LogP contribution is 2.27.